The maximum absolute atomic E-state index is 13.4. The summed E-state index contributed by atoms with van der Waals surface area (Å²) in [6, 6.07) is 4.01. The fourth-order valence-electron chi connectivity index (χ4n) is 1.61. The Bertz CT molecular complexity index is 508. The molecule has 21 heavy (non-hydrogen) atoms. The minimum atomic E-state index is -1.06. The van der Waals surface area contributed by atoms with E-state index in [1.807, 2.05) is 0 Å². The van der Waals surface area contributed by atoms with Gasteiger partial charge in [-0.25, -0.2) is 14.0 Å². The van der Waals surface area contributed by atoms with E-state index in [4.69, 9.17) is 9.84 Å². The Labute approximate surface area is 122 Å². The number of ether oxygens (including phenoxy) is 1. The van der Waals surface area contributed by atoms with Gasteiger partial charge in [0.2, 0.25) is 0 Å². The number of benzene rings is 1. The largest absolute Gasteiger partial charge is 0.480 e. The Hall–Kier alpha value is -2.15. The van der Waals surface area contributed by atoms with E-state index in [1.165, 1.54) is 6.07 Å². The molecule has 1 atom stereocenters. The lowest BCUT2D eigenvalue weighted by Gasteiger charge is -2.15. The topological polar surface area (TPSA) is 87.7 Å². The minimum absolute atomic E-state index is 0.104. The number of carbonyl (C=O) groups excluding carboxylic acids is 1. The van der Waals surface area contributed by atoms with Gasteiger partial charge in [0.05, 0.1) is 12.6 Å². The SMILES string of the molecule is Cc1ccc(C(C)NC(=O)NCCOCC(=O)O)cc1F. The standard InChI is InChI=1S/C14H19FN2O4/c1-9-3-4-11(7-12(9)15)10(2)17-14(20)16-5-6-21-8-13(18)19/h3-4,7,10H,5-6,8H2,1-2H3,(H,18,19)(H2,16,17,20). The molecular formula is C14H19FN2O4. The average molecular weight is 298 g/mol. The number of urea groups is 1. The van der Waals surface area contributed by atoms with E-state index in [1.54, 1.807) is 26.0 Å². The van der Waals surface area contributed by atoms with Gasteiger partial charge in [0.1, 0.15) is 12.4 Å². The molecule has 0 bridgehead atoms. The number of rotatable bonds is 7. The van der Waals surface area contributed by atoms with Crippen molar-refractivity contribution in [3.8, 4) is 0 Å². The molecule has 1 rings (SSSR count). The van der Waals surface area contributed by atoms with Crippen molar-refractivity contribution in [3.63, 3.8) is 0 Å². The number of carboxylic acid groups (broad SMARTS) is 1. The Morgan fingerprint density at radius 2 is 2.14 bits per heavy atom. The molecule has 0 aliphatic heterocycles. The Morgan fingerprint density at radius 3 is 2.76 bits per heavy atom. The molecule has 0 saturated carbocycles. The molecule has 0 radical (unpaired) electrons. The van der Waals surface area contributed by atoms with Gasteiger partial charge in [-0.3, -0.25) is 0 Å². The van der Waals surface area contributed by atoms with Gasteiger partial charge in [0, 0.05) is 6.54 Å². The molecule has 1 aromatic rings. The van der Waals surface area contributed by atoms with Crippen LogP contribution >= 0.6 is 0 Å². The Balaban J connectivity index is 2.33. The Morgan fingerprint density at radius 1 is 1.43 bits per heavy atom. The fourth-order valence-corrected chi connectivity index (χ4v) is 1.61. The van der Waals surface area contributed by atoms with Crippen LogP contribution in [0.3, 0.4) is 0 Å². The molecule has 0 saturated heterocycles. The van der Waals surface area contributed by atoms with Crippen LogP contribution in [0.4, 0.5) is 9.18 Å². The van der Waals surface area contributed by atoms with Crippen molar-refractivity contribution in [3.05, 3.63) is 35.1 Å². The predicted molar refractivity (Wildman–Crippen MR) is 74.5 cm³/mol. The molecule has 2 amide bonds. The highest BCUT2D eigenvalue weighted by Gasteiger charge is 2.10. The third-order valence-corrected chi connectivity index (χ3v) is 2.80. The summed E-state index contributed by atoms with van der Waals surface area (Å²) in [7, 11) is 0. The lowest BCUT2D eigenvalue weighted by molar-refractivity contribution is -0.142. The number of nitrogens with one attached hydrogen (secondary N) is 2. The first-order chi connectivity index (χ1) is 9.90. The van der Waals surface area contributed by atoms with Crippen LogP contribution in [-0.4, -0.2) is 36.9 Å². The summed E-state index contributed by atoms with van der Waals surface area (Å²) < 4.78 is 18.2. The van der Waals surface area contributed by atoms with Crippen molar-refractivity contribution >= 4 is 12.0 Å². The molecule has 6 nitrogen and oxygen atoms in total. The van der Waals surface area contributed by atoms with Crippen molar-refractivity contribution in [1.82, 2.24) is 10.6 Å². The molecule has 0 aromatic heterocycles. The van der Waals surface area contributed by atoms with Crippen LogP contribution in [0.15, 0.2) is 18.2 Å². The zero-order valence-corrected chi connectivity index (χ0v) is 12.0. The molecule has 0 aliphatic rings. The van der Waals surface area contributed by atoms with Crippen molar-refractivity contribution in [2.45, 2.75) is 19.9 Å². The smallest absolute Gasteiger partial charge is 0.329 e. The number of carbonyl (C=O) groups is 2. The highest BCUT2D eigenvalue weighted by atomic mass is 19.1. The van der Waals surface area contributed by atoms with E-state index in [0.717, 1.165) is 0 Å². The quantitative estimate of drug-likeness (QED) is 0.667. The highest BCUT2D eigenvalue weighted by molar-refractivity contribution is 5.74. The summed E-state index contributed by atoms with van der Waals surface area (Å²) in [4.78, 5) is 21.8. The van der Waals surface area contributed by atoms with E-state index < -0.39 is 18.6 Å². The fraction of sp³-hybridized carbons (Fsp3) is 0.429. The molecule has 0 fully saturated rings. The summed E-state index contributed by atoms with van der Waals surface area (Å²) in [6.07, 6.45) is 0. The molecule has 0 aliphatic carbocycles. The predicted octanol–water partition coefficient (Wildman–Crippen LogP) is 1.60. The second-order valence-corrected chi connectivity index (χ2v) is 4.58. The third-order valence-electron chi connectivity index (χ3n) is 2.80. The van der Waals surface area contributed by atoms with Crippen LogP contribution < -0.4 is 10.6 Å². The van der Waals surface area contributed by atoms with Crippen LogP contribution in [0, 0.1) is 12.7 Å². The number of hydrogen-bond donors (Lipinski definition) is 3. The maximum atomic E-state index is 13.4. The van der Waals surface area contributed by atoms with Gasteiger partial charge in [-0.05, 0) is 31.0 Å². The Kier molecular flexibility index (Phi) is 6.61. The lowest BCUT2D eigenvalue weighted by Crippen LogP contribution is -2.38. The summed E-state index contributed by atoms with van der Waals surface area (Å²) >= 11 is 0. The number of halogens is 1. The summed E-state index contributed by atoms with van der Waals surface area (Å²) in [5.41, 5.74) is 1.21. The van der Waals surface area contributed by atoms with E-state index >= 15 is 0 Å². The number of aliphatic carboxylic acids is 1. The van der Waals surface area contributed by atoms with Crippen molar-refractivity contribution in [2.75, 3.05) is 19.8 Å². The molecule has 116 valence electrons. The monoisotopic (exact) mass is 298 g/mol. The van der Waals surface area contributed by atoms with Crippen LogP contribution in [0.5, 0.6) is 0 Å². The van der Waals surface area contributed by atoms with E-state index in [2.05, 4.69) is 10.6 Å². The summed E-state index contributed by atoms with van der Waals surface area (Å²) in [5, 5.41) is 13.5. The first-order valence-corrected chi connectivity index (χ1v) is 6.50. The van der Waals surface area contributed by atoms with Gasteiger partial charge in [-0.1, -0.05) is 12.1 Å². The molecule has 7 heteroatoms. The maximum Gasteiger partial charge on any atom is 0.329 e. The zero-order valence-electron chi connectivity index (χ0n) is 12.0. The zero-order chi connectivity index (χ0) is 15.8. The van der Waals surface area contributed by atoms with Gasteiger partial charge in [0.25, 0.3) is 0 Å². The van der Waals surface area contributed by atoms with Gasteiger partial charge >= 0.3 is 12.0 Å². The number of carboxylic acids is 1. The second kappa shape index (κ2) is 8.21. The number of amides is 2. The van der Waals surface area contributed by atoms with Crippen LogP contribution in [0.2, 0.25) is 0 Å². The minimum Gasteiger partial charge on any atom is -0.480 e. The molecule has 1 unspecified atom stereocenters. The first-order valence-electron chi connectivity index (χ1n) is 6.50. The average Bonchev–Trinajstić information content (AvgIpc) is 2.41. The molecular weight excluding hydrogens is 279 g/mol. The normalized spacial score (nSPS) is 11.8. The van der Waals surface area contributed by atoms with E-state index in [0.29, 0.717) is 11.1 Å². The van der Waals surface area contributed by atoms with Crippen LogP contribution in [-0.2, 0) is 9.53 Å². The first kappa shape index (κ1) is 16.9. The molecule has 0 heterocycles. The van der Waals surface area contributed by atoms with Gasteiger partial charge in [-0.2, -0.15) is 0 Å². The van der Waals surface area contributed by atoms with Crippen LogP contribution in [0.1, 0.15) is 24.1 Å². The molecule has 0 spiro atoms. The van der Waals surface area contributed by atoms with Crippen LogP contribution in [0.25, 0.3) is 0 Å². The van der Waals surface area contributed by atoms with Crippen molar-refractivity contribution in [1.29, 1.82) is 0 Å². The third kappa shape index (κ3) is 6.22. The van der Waals surface area contributed by atoms with Gasteiger partial charge in [-0.15, -0.1) is 0 Å². The highest BCUT2D eigenvalue weighted by Crippen LogP contribution is 2.15. The summed E-state index contributed by atoms with van der Waals surface area (Å²) in [5.74, 6) is -1.38. The molecule has 3 N–H and O–H groups in total. The van der Waals surface area contributed by atoms with Crippen molar-refractivity contribution in [2.24, 2.45) is 0 Å². The number of aryl methyl sites for hydroxylation is 1. The van der Waals surface area contributed by atoms with E-state index in [-0.39, 0.29) is 25.0 Å². The van der Waals surface area contributed by atoms with Gasteiger partial charge < -0.3 is 20.5 Å². The number of hydrogen-bond acceptors (Lipinski definition) is 3. The van der Waals surface area contributed by atoms with Crippen molar-refractivity contribution < 1.29 is 23.8 Å². The summed E-state index contributed by atoms with van der Waals surface area (Å²) in [6.45, 7) is 3.30. The van der Waals surface area contributed by atoms with Gasteiger partial charge in [0.15, 0.2) is 0 Å². The molecule has 1 aromatic carbocycles. The second-order valence-electron chi connectivity index (χ2n) is 4.58. The van der Waals surface area contributed by atoms with E-state index in [9.17, 15) is 14.0 Å². The lowest BCUT2D eigenvalue weighted by atomic mass is 10.1.